The average Bonchev–Trinajstić information content (AvgIpc) is 3.20. The molecule has 2 heterocycles. The van der Waals surface area contributed by atoms with E-state index in [1.54, 1.807) is 0 Å². The lowest BCUT2D eigenvalue weighted by Gasteiger charge is -2.35. The fourth-order valence-corrected chi connectivity index (χ4v) is 4.99. The van der Waals surface area contributed by atoms with Gasteiger partial charge < -0.3 is 10.2 Å². The van der Waals surface area contributed by atoms with Gasteiger partial charge in [-0.05, 0) is 75.5 Å². The van der Waals surface area contributed by atoms with Crippen molar-refractivity contribution in [1.82, 2.24) is 10.2 Å². The number of amides is 1. The highest BCUT2D eigenvalue weighted by atomic mass is 32.1. The van der Waals surface area contributed by atoms with Crippen LogP contribution in [0.5, 0.6) is 0 Å². The summed E-state index contributed by atoms with van der Waals surface area (Å²) in [4.78, 5) is 16.4. The smallest absolute Gasteiger partial charge is 0.223 e. The number of likely N-dealkylation sites (tertiary alicyclic amines) is 1. The molecule has 128 valence electrons. The van der Waals surface area contributed by atoms with Crippen LogP contribution in [-0.4, -0.2) is 36.5 Å². The molecule has 0 aromatic carbocycles. The largest absolute Gasteiger partial charge is 0.356 e. The Labute approximate surface area is 144 Å². The van der Waals surface area contributed by atoms with E-state index in [0.717, 1.165) is 44.9 Å². The van der Waals surface area contributed by atoms with Gasteiger partial charge in [0.1, 0.15) is 0 Å². The van der Waals surface area contributed by atoms with Crippen LogP contribution in [-0.2, 0) is 11.2 Å². The van der Waals surface area contributed by atoms with Crippen molar-refractivity contribution >= 4 is 17.2 Å². The van der Waals surface area contributed by atoms with Crippen molar-refractivity contribution in [3.8, 4) is 0 Å². The molecule has 0 atom stereocenters. The van der Waals surface area contributed by atoms with Crippen molar-refractivity contribution in [2.75, 3.05) is 19.6 Å². The molecule has 3 rings (SSSR count). The van der Waals surface area contributed by atoms with E-state index in [4.69, 9.17) is 0 Å². The van der Waals surface area contributed by atoms with Crippen molar-refractivity contribution in [2.24, 2.45) is 5.92 Å². The van der Waals surface area contributed by atoms with Gasteiger partial charge >= 0.3 is 0 Å². The number of nitrogens with zero attached hydrogens (tertiary/aromatic N) is 1. The Bertz CT molecular complexity index is 525. The predicted octanol–water partition coefficient (Wildman–Crippen LogP) is 3.68. The number of piperidine rings is 1. The van der Waals surface area contributed by atoms with Crippen molar-refractivity contribution in [2.45, 2.75) is 64.8 Å². The first-order chi connectivity index (χ1) is 11.1. The van der Waals surface area contributed by atoms with Gasteiger partial charge in [-0.15, -0.1) is 11.3 Å². The lowest BCUT2D eigenvalue weighted by molar-refractivity contribution is -0.126. The van der Waals surface area contributed by atoms with E-state index in [9.17, 15) is 4.79 Å². The van der Waals surface area contributed by atoms with E-state index < -0.39 is 0 Å². The number of carbonyl (C=O) groups is 1. The number of aryl methyl sites for hydroxylation is 1. The minimum absolute atomic E-state index is 0.234. The van der Waals surface area contributed by atoms with Crippen LogP contribution >= 0.6 is 11.3 Å². The van der Waals surface area contributed by atoms with Crippen LogP contribution in [0.2, 0.25) is 0 Å². The Balaban J connectivity index is 1.38. The van der Waals surface area contributed by atoms with Crippen molar-refractivity contribution in [3.05, 3.63) is 21.4 Å². The fourth-order valence-electron chi connectivity index (χ4n) is 4.07. The minimum Gasteiger partial charge on any atom is -0.356 e. The Hall–Kier alpha value is -0.870. The van der Waals surface area contributed by atoms with Gasteiger partial charge in [0.15, 0.2) is 0 Å². The van der Waals surface area contributed by atoms with Crippen LogP contribution in [0.3, 0.4) is 0 Å². The molecule has 1 aliphatic carbocycles. The number of hydrogen-bond acceptors (Lipinski definition) is 3. The Kier molecular flexibility index (Phi) is 5.76. The molecular formula is C19H30N2OS. The van der Waals surface area contributed by atoms with Crippen LogP contribution in [0.1, 0.15) is 54.5 Å². The molecule has 1 aromatic heterocycles. The molecule has 0 spiro atoms. The molecule has 1 saturated heterocycles. The summed E-state index contributed by atoms with van der Waals surface area (Å²) in [6.07, 6.45) is 8.58. The molecule has 0 radical (unpaired) electrons. The maximum atomic E-state index is 12.4. The van der Waals surface area contributed by atoms with Gasteiger partial charge in [0, 0.05) is 23.4 Å². The second kappa shape index (κ2) is 7.80. The fraction of sp³-hybridized carbons (Fsp3) is 0.737. The molecule has 0 bridgehead atoms. The lowest BCUT2D eigenvalue weighted by atomic mass is 9.94. The summed E-state index contributed by atoms with van der Waals surface area (Å²) in [5, 5.41) is 5.40. The Morgan fingerprint density at radius 1 is 1.22 bits per heavy atom. The third kappa shape index (κ3) is 4.16. The molecule has 2 fully saturated rings. The first-order valence-corrected chi connectivity index (χ1v) is 10.1. The lowest BCUT2D eigenvalue weighted by Crippen LogP contribution is -2.44. The standard InChI is InChI=1S/C19H30N2OS/c1-14-15(2)23-13-17(14)7-10-20-19(22)16-8-11-21(12-9-16)18-5-3-4-6-18/h13,16,18H,3-12H2,1-2H3,(H,20,22). The monoisotopic (exact) mass is 334 g/mol. The highest BCUT2D eigenvalue weighted by Crippen LogP contribution is 2.28. The van der Waals surface area contributed by atoms with Crippen molar-refractivity contribution in [3.63, 3.8) is 0 Å². The molecule has 1 saturated carbocycles. The van der Waals surface area contributed by atoms with E-state index in [-0.39, 0.29) is 11.8 Å². The molecule has 1 aliphatic heterocycles. The summed E-state index contributed by atoms with van der Waals surface area (Å²) in [6, 6.07) is 0.809. The summed E-state index contributed by atoms with van der Waals surface area (Å²) in [5.41, 5.74) is 2.79. The maximum Gasteiger partial charge on any atom is 0.223 e. The van der Waals surface area contributed by atoms with Gasteiger partial charge in [0.2, 0.25) is 5.91 Å². The van der Waals surface area contributed by atoms with Crippen LogP contribution in [0.25, 0.3) is 0 Å². The van der Waals surface area contributed by atoms with Gasteiger partial charge in [0.05, 0.1) is 0 Å². The maximum absolute atomic E-state index is 12.4. The SMILES string of the molecule is Cc1scc(CCNC(=O)C2CCN(C3CCCC3)CC2)c1C. The number of rotatable bonds is 5. The van der Waals surface area contributed by atoms with Crippen LogP contribution in [0, 0.1) is 19.8 Å². The Morgan fingerprint density at radius 2 is 1.91 bits per heavy atom. The van der Waals surface area contributed by atoms with E-state index in [2.05, 4.69) is 29.4 Å². The zero-order valence-electron chi connectivity index (χ0n) is 14.6. The molecule has 1 N–H and O–H groups in total. The number of nitrogens with one attached hydrogen (secondary N) is 1. The zero-order valence-corrected chi connectivity index (χ0v) is 15.4. The summed E-state index contributed by atoms with van der Waals surface area (Å²) < 4.78 is 0. The molecule has 2 aliphatic rings. The second-order valence-corrected chi connectivity index (χ2v) is 8.32. The average molecular weight is 335 g/mol. The van der Waals surface area contributed by atoms with Crippen LogP contribution < -0.4 is 5.32 Å². The van der Waals surface area contributed by atoms with Gasteiger partial charge in [-0.1, -0.05) is 12.8 Å². The van der Waals surface area contributed by atoms with Crippen LogP contribution in [0.4, 0.5) is 0 Å². The first kappa shape index (κ1) is 17.0. The molecule has 1 aromatic rings. The molecule has 4 heteroatoms. The van der Waals surface area contributed by atoms with E-state index in [1.165, 1.54) is 41.7 Å². The van der Waals surface area contributed by atoms with Gasteiger partial charge in [0.25, 0.3) is 0 Å². The summed E-state index contributed by atoms with van der Waals surface area (Å²) in [6.45, 7) is 7.36. The highest BCUT2D eigenvalue weighted by Gasteiger charge is 2.29. The Morgan fingerprint density at radius 3 is 2.52 bits per heavy atom. The van der Waals surface area contributed by atoms with E-state index in [1.807, 2.05) is 11.3 Å². The number of thiophene rings is 1. The molecule has 3 nitrogen and oxygen atoms in total. The quantitative estimate of drug-likeness (QED) is 0.891. The van der Waals surface area contributed by atoms with E-state index >= 15 is 0 Å². The molecular weight excluding hydrogens is 304 g/mol. The molecule has 0 unspecified atom stereocenters. The normalized spacial score (nSPS) is 21.0. The molecule has 1 amide bonds. The first-order valence-electron chi connectivity index (χ1n) is 9.20. The number of carbonyl (C=O) groups excluding carboxylic acids is 1. The van der Waals surface area contributed by atoms with Gasteiger partial charge in [-0.25, -0.2) is 0 Å². The zero-order chi connectivity index (χ0) is 16.2. The third-order valence-electron chi connectivity index (χ3n) is 5.82. The topological polar surface area (TPSA) is 32.3 Å². The van der Waals surface area contributed by atoms with Gasteiger partial charge in [-0.3, -0.25) is 4.79 Å². The third-order valence-corrected chi connectivity index (χ3v) is 6.88. The number of hydrogen-bond donors (Lipinski definition) is 1. The molecule has 23 heavy (non-hydrogen) atoms. The van der Waals surface area contributed by atoms with E-state index in [0.29, 0.717) is 0 Å². The summed E-state index contributed by atoms with van der Waals surface area (Å²) in [7, 11) is 0. The minimum atomic E-state index is 0.234. The summed E-state index contributed by atoms with van der Waals surface area (Å²) >= 11 is 1.81. The predicted molar refractivity (Wildman–Crippen MR) is 97.1 cm³/mol. The van der Waals surface area contributed by atoms with Crippen LogP contribution in [0.15, 0.2) is 5.38 Å². The summed E-state index contributed by atoms with van der Waals surface area (Å²) in [5.74, 6) is 0.513. The van der Waals surface area contributed by atoms with Crippen molar-refractivity contribution in [1.29, 1.82) is 0 Å². The van der Waals surface area contributed by atoms with Gasteiger partial charge in [-0.2, -0.15) is 0 Å². The second-order valence-electron chi connectivity index (χ2n) is 7.23. The van der Waals surface area contributed by atoms with Crippen molar-refractivity contribution < 1.29 is 4.79 Å². The highest BCUT2D eigenvalue weighted by molar-refractivity contribution is 7.10.